The molecule has 4 heteroatoms. The summed E-state index contributed by atoms with van der Waals surface area (Å²) in [4.78, 5) is 12.3. The normalized spacial score (nSPS) is 16.0. The number of benzene rings is 2. The molecule has 0 saturated carbocycles. The van der Waals surface area contributed by atoms with Crippen molar-refractivity contribution in [1.82, 2.24) is 10.2 Å². The molecule has 1 aromatic heterocycles. The van der Waals surface area contributed by atoms with E-state index in [-0.39, 0.29) is 5.91 Å². The molecule has 0 bridgehead atoms. The quantitative estimate of drug-likeness (QED) is 0.668. The number of hydrogen-bond acceptors (Lipinski definition) is 2. The van der Waals surface area contributed by atoms with Gasteiger partial charge in [0, 0.05) is 16.6 Å². The molecule has 2 heterocycles. The van der Waals surface area contributed by atoms with Crippen molar-refractivity contribution in [3.63, 3.8) is 0 Å². The maximum absolute atomic E-state index is 12.3. The summed E-state index contributed by atoms with van der Waals surface area (Å²) in [6.45, 7) is 1.98. The predicted molar refractivity (Wildman–Crippen MR) is 83.7 cm³/mol. The standard InChI is InChI=1S/C17H13N3O/c1-10(11-6-7-12-9-18-20-15(12)8-11)16-13-4-2-3-5-14(13)19-17(16)21/h2-9H,1H3,(H,18,20)(H,19,21)/b16-10-. The first-order valence-electron chi connectivity index (χ1n) is 6.79. The summed E-state index contributed by atoms with van der Waals surface area (Å²) in [5.74, 6) is -0.0431. The Labute approximate surface area is 121 Å². The minimum atomic E-state index is -0.0431. The van der Waals surface area contributed by atoms with Crippen LogP contribution in [0.4, 0.5) is 5.69 Å². The summed E-state index contributed by atoms with van der Waals surface area (Å²) < 4.78 is 0. The molecule has 2 aromatic carbocycles. The molecule has 1 aliphatic rings. The van der Waals surface area contributed by atoms with Gasteiger partial charge in [-0.3, -0.25) is 9.89 Å². The van der Waals surface area contributed by atoms with Gasteiger partial charge in [-0.25, -0.2) is 0 Å². The molecule has 102 valence electrons. The largest absolute Gasteiger partial charge is 0.321 e. The number of aromatic nitrogens is 2. The molecule has 4 rings (SSSR count). The highest BCUT2D eigenvalue weighted by Gasteiger charge is 2.25. The van der Waals surface area contributed by atoms with Crippen LogP contribution in [0.1, 0.15) is 18.1 Å². The van der Waals surface area contributed by atoms with Gasteiger partial charge in [0.2, 0.25) is 0 Å². The van der Waals surface area contributed by atoms with Crippen LogP contribution in [0.5, 0.6) is 0 Å². The van der Waals surface area contributed by atoms with Crippen molar-refractivity contribution in [3.8, 4) is 0 Å². The molecule has 21 heavy (non-hydrogen) atoms. The number of para-hydroxylation sites is 1. The highest BCUT2D eigenvalue weighted by molar-refractivity contribution is 6.36. The van der Waals surface area contributed by atoms with Crippen molar-refractivity contribution in [2.45, 2.75) is 6.92 Å². The second-order valence-electron chi connectivity index (χ2n) is 5.17. The summed E-state index contributed by atoms with van der Waals surface area (Å²) in [6, 6.07) is 13.8. The molecule has 1 aliphatic heterocycles. The van der Waals surface area contributed by atoms with Gasteiger partial charge < -0.3 is 5.32 Å². The van der Waals surface area contributed by atoms with Gasteiger partial charge in [-0.2, -0.15) is 5.10 Å². The molecule has 0 fully saturated rings. The van der Waals surface area contributed by atoms with Crippen molar-refractivity contribution in [2.75, 3.05) is 5.32 Å². The van der Waals surface area contributed by atoms with E-state index in [1.165, 1.54) is 0 Å². The lowest BCUT2D eigenvalue weighted by atomic mass is 9.96. The average Bonchev–Trinajstić information content (AvgIpc) is 3.08. The van der Waals surface area contributed by atoms with Gasteiger partial charge in [-0.15, -0.1) is 0 Å². The lowest BCUT2D eigenvalue weighted by Gasteiger charge is -2.06. The SMILES string of the molecule is C/C(=C1/C(=O)Nc2ccccc21)c1ccc2cn[nH]c2c1. The first kappa shape index (κ1) is 11.9. The van der Waals surface area contributed by atoms with Crippen LogP contribution in [0.25, 0.3) is 22.0 Å². The molecular weight excluding hydrogens is 262 g/mol. The zero-order valence-electron chi connectivity index (χ0n) is 11.5. The first-order chi connectivity index (χ1) is 10.2. The maximum Gasteiger partial charge on any atom is 0.256 e. The Morgan fingerprint density at radius 2 is 2.00 bits per heavy atom. The average molecular weight is 275 g/mol. The lowest BCUT2D eigenvalue weighted by Crippen LogP contribution is -2.05. The van der Waals surface area contributed by atoms with Crippen LogP contribution in [-0.2, 0) is 4.79 Å². The van der Waals surface area contributed by atoms with Crippen molar-refractivity contribution < 1.29 is 4.79 Å². The van der Waals surface area contributed by atoms with Crippen LogP contribution in [0.15, 0.2) is 48.7 Å². The zero-order chi connectivity index (χ0) is 14.4. The summed E-state index contributed by atoms with van der Waals surface area (Å²) in [6.07, 6.45) is 1.79. The van der Waals surface area contributed by atoms with Gasteiger partial charge in [-0.05, 0) is 30.2 Å². The van der Waals surface area contributed by atoms with Crippen LogP contribution < -0.4 is 5.32 Å². The zero-order valence-corrected chi connectivity index (χ0v) is 11.5. The predicted octanol–water partition coefficient (Wildman–Crippen LogP) is 3.45. The second-order valence-corrected chi connectivity index (χ2v) is 5.17. The number of aromatic amines is 1. The number of anilines is 1. The molecule has 0 saturated heterocycles. The van der Waals surface area contributed by atoms with E-state index in [4.69, 9.17) is 0 Å². The molecule has 3 aromatic rings. The molecule has 2 N–H and O–H groups in total. The van der Waals surface area contributed by atoms with Crippen LogP contribution in [0.2, 0.25) is 0 Å². The van der Waals surface area contributed by atoms with Gasteiger partial charge in [-0.1, -0.05) is 30.3 Å². The van der Waals surface area contributed by atoms with E-state index in [2.05, 4.69) is 15.5 Å². The smallest absolute Gasteiger partial charge is 0.256 e. The fourth-order valence-corrected chi connectivity index (χ4v) is 2.80. The third-order valence-corrected chi connectivity index (χ3v) is 3.92. The fourth-order valence-electron chi connectivity index (χ4n) is 2.80. The number of carbonyl (C=O) groups is 1. The van der Waals surface area contributed by atoms with E-state index in [1.54, 1.807) is 6.20 Å². The molecule has 0 unspecified atom stereocenters. The van der Waals surface area contributed by atoms with Gasteiger partial charge >= 0.3 is 0 Å². The number of hydrogen-bond donors (Lipinski definition) is 2. The number of fused-ring (bicyclic) bond motifs is 2. The Morgan fingerprint density at radius 1 is 1.14 bits per heavy atom. The number of nitrogens with one attached hydrogen (secondary N) is 2. The van der Waals surface area contributed by atoms with Crippen molar-refractivity contribution in [1.29, 1.82) is 0 Å². The molecule has 0 spiro atoms. The lowest BCUT2D eigenvalue weighted by molar-refractivity contribution is -0.110. The maximum atomic E-state index is 12.3. The highest BCUT2D eigenvalue weighted by Crippen LogP contribution is 2.36. The third-order valence-electron chi connectivity index (χ3n) is 3.92. The van der Waals surface area contributed by atoms with E-state index in [1.807, 2.05) is 49.4 Å². The molecule has 4 nitrogen and oxygen atoms in total. The number of amides is 1. The minimum absolute atomic E-state index is 0.0431. The highest BCUT2D eigenvalue weighted by atomic mass is 16.2. The Balaban J connectivity index is 1.93. The minimum Gasteiger partial charge on any atom is -0.321 e. The van der Waals surface area contributed by atoms with E-state index in [0.29, 0.717) is 0 Å². The Kier molecular flexibility index (Phi) is 2.44. The van der Waals surface area contributed by atoms with E-state index >= 15 is 0 Å². The molecule has 0 atom stereocenters. The summed E-state index contributed by atoms with van der Waals surface area (Å²) in [5, 5.41) is 11.0. The van der Waals surface area contributed by atoms with Crippen molar-refractivity contribution >= 4 is 33.6 Å². The molecule has 1 amide bonds. The fraction of sp³-hybridized carbons (Fsp3) is 0.0588. The van der Waals surface area contributed by atoms with Crippen molar-refractivity contribution in [3.05, 3.63) is 59.8 Å². The van der Waals surface area contributed by atoms with Gasteiger partial charge in [0.25, 0.3) is 5.91 Å². The third kappa shape index (κ3) is 1.76. The molecular formula is C17H13N3O. The van der Waals surface area contributed by atoms with Gasteiger partial charge in [0.15, 0.2) is 0 Å². The Morgan fingerprint density at radius 3 is 2.90 bits per heavy atom. The number of H-pyrrole nitrogens is 1. The van der Waals surface area contributed by atoms with Crippen molar-refractivity contribution in [2.24, 2.45) is 0 Å². The van der Waals surface area contributed by atoms with E-state index < -0.39 is 0 Å². The number of rotatable bonds is 1. The number of nitrogens with zero attached hydrogens (tertiary/aromatic N) is 1. The van der Waals surface area contributed by atoms with Gasteiger partial charge in [0.1, 0.15) is 0 Å². The van der Waals surface area contributed by atoms with Crippen LogP contribution in [0.3, 0.4) is 0 Å². The van der Waals surface area contributed by atoms with E-state index in [9.17, 15) is 4.79 Å². The van der Waals surface area contributed by atoms with Crippen LogP contribution >= 0.6 is 0 Å². The number of carbonyl (C=O) groups excluding carboxylic acids is 1. The Hall–Kier alpha value is -2.88. The number of allylic oxidation sites excluding steroid dienone is 1. The Bertz CT molecular complexity index is 905. The molecule has 0 aliphatic carbocycles. The monoisotopic (exact) mass is 275 g/mol. The summed E-state index contributed by atoms with van der Waals surface area (Å²) >= 11 is 0. The van der Waals surface area contributed by atoms with Gasteiger partial charge in [0.05, 0.1) is 17.3 Å². The topological polar surface area (TPSA) is 57.8 Å². The van der Waals surface area contributed by atoms with Crippen LogP contribution in [0, 0.1) is 0 Å². The van der Waals surface area contributed by atoms with E-state index in [0.717, 1.165) is 38.9 Å². The summed E-state index contributed by atoms with van der Waals surface area (Å²) in [5.41, 5.74) is 5.54. The molecule has 0 radical (unpaired) electrons. The first-order valence-corrected chi connectivity index (χ1v) is 6.79. The van der Waals surface area contributed by atoms with Crippen LogP contribution in [-0.4, -0.2) is 16.1 Å². The second kappa shape index (κ2) is 4.31. The summed E-state index contributed by atoms with van der Waals surface area (Å²) in [7, 11) is 0.